The number of nitrogens with zero attached hydrogens (tertiary/aromatic N) is 1. The Morgan fingerprint density at radius 2 is 2.15 bits per heavy atom. The lowest BCUT2D eigenvalue weighted by molar-refractivity contribution is 0.0788. The summed E-state index contributed by atoms with van der Waals surface area (Å²) >= 11 is 3.49. The topological polar surface area (TPSA) is 29.5 Å². The van der Waals surface area contributed by atoms with E-state index in [1.54, 1.807) is 0 Å². The van der Waals surface area contributed by atoms with Crippen LogP contribution in [0.1, 0.15) is 36.5 Å². The van der Waals surface area contributed by atoms with E-state index in [0.717, 1.165) is 55.6 Å². The van der Waals surface area contributed by atoms with Crippen molar-refractivity contribution in [2.45, 2.75) is 26.2 Å². The molecular formula is C16H22BrNO2. The van der Waals surface area contributed by atoms with Gasteiger partial charge in [-0.05, 0) is 43.0 Å². The molecule has 0 aliphatic carbocycles. The van der Waals surface area contributed by atoms with Gasteiger partial charge >= 0.3 is 0 Å². The first kappa shape index (κ1) is 15.4. The van der Waals surface area contributed by atoms with Gasteiger partial charge in [-0.25, -0.2) is 0 Å². The van der Waals surface area contributed by atoms with Gasteiger partial charge in [0.05, 0.1) is 6.61 Å². The van der Waals surface area contributed by atoms with Gasteiger partial charge in [0.2, 0.25) is 0 Å². The molecule has 1 aliphatic rings. The number of alkyl halides is 1. The molecular weight excluding hydrogens is 318 g/mol. The minimum absolute atomic E-state index is 0.133. The highest BCUT2D eigenvalue weighted by molar-refractivity contribution is 9.09. The molecule has 1 aromatic carbocycles. The smallest absolute Gasteiger partial charge is 0.253 e. The van der Waals surface area contributed by atoms with Crippen LogP contribution in [0.25, 0.3) is 0 Å². The SMILES string of the molecule is CCCCOc1ccc(C(=O)N2CCC(CBr)C2)cc1. The van der Waals surface area contributed by atoms with Crippen molar-refractivity contribution in [3.63, 3.8) is 0 Å². The monoisotopic (exact) mass is 339 g/mol. The van der Waals surface area contributed by atoms with E-state index in [1.165, 1.54) is 0 Å². The number of benzene rings is 1. The lowest BCUT2D eigenvalue weighted by atomic mass is 10.1. The van der Waals surface area contributed by atoms with Gasteiger partial charge in [0.25, 0.3) is 5.91 Å². The summed E-state index contributed by atoms with van der Waals surface area (Å²) in [6.45, 7) is 4.60. The molecule has 0 aromatic heterocycles. The molecule has 1 amide bonds. The number of halogens is 1. The minimum Gasteiger partial charge on any atom is -0.494 e. The van der Waals surface area contributed by atoms with Crippen LogP contribution in [0.5, 0.6) is 5.75 Å². The number of likely N-dealkylation sites (tertiary alicyclic amines) is 1. The third-order valence-corrected chi connectivity index (χ3v) is 4.57. The van der Waals surface area contributed by atoms with Crippen molar-refractivity contribution in [1.82, 2.24) is 4.90 Å². The lowest BCUT2D eigenvalue weighted by Crippen LogP contribution is -2.28. The van der Waals surface area contributed by atoms with E-state index < -0.39 is 0 Å². The Kier molecular flexibility index (Phi) is 5.89. The van der Waals surface area contributed by atoms with Crippen LogP contribution in [0.4, 0.5) is 0 Å². The molecule has 2 rings (SSSR count). The Labute approximate surface area is 129 Å². The second-order valence-electron chi connectivity index (χ2n) is 5.29. The minimum atomic E-state index is 0.133. The van der Waals surface area contributed by atoms with Crippen molar-refractivity contribution < 1.29 is 9.53 Å². The molecule has 0 spiro atoms. The Balaban J connectivity index is 1.90. The maximum absolute atomic E-state index is 12.3. The van der Waals surface area contributed by atoms with Crippen LogP contribution in [0.15, 0.2) is 24.3 Å². The number of rotatable bonds is 6. The summed E-state index contributed by atoms with van der Waals surface area (Å²) < 4.78 is 5.61. The summed E-state index contributed by atoms with van der Waals surface area (Å²) in [6, 6.07) is 7.51. The number of carbonyl (C=O) groups excluding carboxylic acids is 1. The van der Waals surface area contributed by atoms with E-state index >= 15 is 0 Å². The van der Waals surface area contributed by atoms with Gasteiger partial charge in [-0.2, -0.15) is 0 Å². The zero-order valence-electron chi connectivity index (χ0n) is 12.0. The molecule has 0 saturated carbocycles. The Hall–Kier alpha value is -1.03. The van der Waals surface area contributed by atoms with Crippen LogP contribution < -0.4 is 4.74 Å². The molecule has 110 valence electrons. The highest BCUT2D eigenvalue weighted by Gasteiger charge is 2.26. The first-order valence-corrected chi connectivity index (χ1v) is 8.44. The Morgan fingerprint density at radius 3 is 2.75 bits per heavy atom. The number of hydrogen-bond donors (Lipinski definition) is 0. The van der Waals surface area contributed by atoms with Crippen LogP contribution in [-0.2, 0) is 0 Å². The molecule has 1 fully saturated rings. The summed E-state index contributed by atoms with van der Waals surface area (Å²) in [5, 5.41) is 0.973. The van der Waals surface area contributed by atoms with Gasteiger partial charge in [0.1, 0.15) is 5.75 Å². The molecule has 1 heterocycles. The first-order chi connectivity index (χ1) is 9.74. The van der Waals surface area contributed by atoms with E-state index in [-0.39, 0.29) is 5.91 Å². The average molecular weight is 340 g/mol. The molecule has 3 nitrogen and oxygen atoms in total. The van der Waals surface area contributed by atoms with E-state index in [9.17, 15) is 4.79 Å². The second kappa shape index (κ2) is 7.67. The molecule has 0 radical (unpaired) electrons. The van der Waals surface area contributed by atoms with Crippen molar-refractivity contribution >= 4 is 21.8 Å². The summed E-state index contributed by atoms with van der Waals surface area (Å²) in [6.07, 6.45) is 3.28. The Morgan fingerprint density at radius 1 is 1.40 bits per heavy atom. The van der Waals surface area contributed by atoms with Gasteiger partial charge in [0.15, 0.2) is 0 Å². The zero-order valence-corrected chi connectivity index (χ0v) is 13.6. The van der Waals surface area contributed by atoms with E-state index in [2.05, 4.69) is 22.9 Å². The Bertz CT molecular complexity index is 433. The molecule has 20 heavy (non-hydrogen) atoms. The predicted molar refractivity (Wildman–Crippen MR) is 84.6 cm³/mol. The third kappa shape index (κ3) is 3.98. The van der Waals surface area contributed by atoms with Crippen molar-refractivity contribution in [3.05, 3.63) is 29.8 Å². The molecule has 0 bridgehead atoms. The van der Waals surface area contributed by atoms with Gasteiger partial charge in [-0.3, -0.25) is 4.79 Å². The van der Waals surface area contributed by atoms with Gasteiger partial charge < -0.3 is 9.64 Å². The predicted octanol–water partition coefficient (Wildman–Crippen LogP) is 3.72. The average Bonchev–Trinajstić information content (AvgIpc) is 2.96. The van der Waals surface area contributed by atoms with Crippen molar-refractivity contribution in [1.29, 1.82) is 0 Å². The second-order valence-corrected chi connectivity index (χ2v) is 5.93. The summed E-state index contributed by atoms with van der Waals surface area (Å²) in [7, 11) is 0. The number of unbranched alkanes of at least 4 members (excludes halogenated alkanes) is 1. The number of carbonyl (C=O) groups is 1. The fraction of sp³-hybridized carbons (Fsp3) is 0.562. The van der Waals surface area contributed by atoms with Crippen LogP contribution in [0.2, 0.25) is 0 Å². The van der Waals surface area contributed by atoms with E-state index in [4.69, 9.17) is 4.74 Å². The molecule has 1 saturated heterocycles. The highest BCUT2D eigenvalue weighted by Crippen LogP contribution is 2.21. The molecule has 0 N–H and O–H groups in total. The maximum atomic E-state index is 12.3. The fourth-order valence-electron chi connectivity index (χ4n) is 2.35. The molecule has 1 aliphatic heterocycles. The van der Waals surface area contributed by atoms with Crippen molar-refractivity contribution in [2.24, 2.45) is 5.92 Å². The lowest BCUT2D eigenvalue weighted by Gasteiger charge is -2.16. The van der Waals surface area contributed by atoms with Gasteiger partial charge in [-0.15, -0.1) is 0 Å². The summed E-state index contributed by atoms with van der Waals surface area (Å²) in [4.78, 5) is 14.3. The summed E-state index contributed by atoms with van der Waals surface area (Å²) in [5.41, 5.74) is 0.753. The molecule has 1 unspecified atom stereocenters. The molecule has 4 heteroatoms. The van der Waals surface area contributed by atoms with Crippen LogP contribution >= 0.6 is 15.9 Å². The standard InChI is InChI=1S/C16H22BrNO2/c1-2-3-10-20-15-6-4-14(5-7-15)16(19)18-9-8-13(11-17)12-18/h4-7,13H,2-3,8-12H2,1H3. The van der Waals surface area contributed by atoms with E-state index in [1.807, 2.05) is 29.2 Å². The van der Waals surface area contributed by atoms with Crippen molar-refractivity contribution in [2.75, 3.05) is 25.0 Å². The normalized spacial score (nSPS) is 18.3. The largest absolute Gasteiger partial charge is 0.494 e. The fourth-order valence-corrected chi connectivity index (χ4v) is 2.88. The summed E-state index contributed by atoms with van der Waals surface area (Å²) in [5.74, 6) is 1.57. The molecule has 1 atom stereocenters. The quantitative estimate of drug-likeness (QED) is 0.583. The van der Waals surface area contributed by atoms with Gasteiger partial charge in [0, 0.05) is 24.0 Å². The third-order valence-electron chi connectivity index (χ3n) is 3.66. The van der Waals surface area contributed by atoms with Crippen LogP contribution in [0, 0.1) is 5.92 Å². The zero-order chi connectivity index (χ0) is 14.4. The van der Waals surface area contributed by atoms with Crippen LogP contribution in [0.3, 0.4) is 0 Å². The number of amides is 1. The highest BCUT2D eigenvalue weighted by atomic mass is 79.9. The van der Waals surface area contributed by atoms with E-state index in [0.29, 0.717) is 5.92 Å². The van der Waals surface area contributed by atoms with Crippen molar-refractivity contribution in [3.8, 4) is 5.75 Å². The first-order valence-electron chi connectivity index (χ1n) is 7.32. The molecule has 1 aromatic rings. The number of ether oxygens (including phenoxy) is 1. The number of hydrogen-bond acceptors (Lipinski definition) is 2. The van der Waals surface area contributed by atoms with Crippen LogP contribution in [-0.4, -0.2) is 35.8 Å². The van der Waals surface area contributed by atoms with Gasteiger partial charge in [-0.1, -0.05) is 29.3 Å². The maximum Gasteiger partial charge on any atom is 0.253 e.